The fraction of sp³-hybridized carbons (Fsp3) is 0.591. The zero-order valence-electron chi connectivity index (χ0n) is 16.5. The van der Waals surface area contributed by atoms with E-state index in [1.54, 1.807) is 17.4 Å². The zero-order valence-corrected chi connectivity index (χ0v) is 18.2. The van der Waals surface area contributed by atoms with E-state index in [4.69, 9.17) is 0 Å². The first-order chi connectivity index (χ1) is 14.4. The van der Waals surface area contributed by atoms with E-state index in [9.17, 15) is 13.2 Å². The van der Waals surface area contributed by atoms with Gasteiger partial charge in [0.1, 0.15) is 17.0 Å². The molecule has 2 aliphatic heterocycles. The molecule has 2 atom stereocenters. The summed E-state index contributed by atoms with van der Waals surface area (Å²) in [5, 5.41) is 3.99. The van der Waals surface area contributed by atoms with Gasteiger partial charge in [-0.15, -0.1) is 22.7 Å². The van der Waals surface area contributed by atoms with Crippen molar-refractivity contribution in [2.75, 3.05) is 24.5 Å². The highest BCUT2D eigenvalue weighted by atomic mass is 32.1. The highest BCUT2D eigenvalue weighted by Crippen LogP contribution is 2.38. The van der Waals surface area contributed by atoms with Crippen LogP contribution in [-0.2, 0) is 13.0 Å². The molecular weight excluding hydrogens is 455 g/mol. The van der Waals surface area contributed by atoms with Crippen LogP contribution in [0.15, 0.2) is 17.8 Å². The summed E-state index contributed by atoms with van der Waals surface area (Å²) in [5.41, 5.74) is 1.15. The molecule has 0 aromatic carbocycles. The number of alkyl halides is 3. The molecule has 0 amide bonds. The van der Waals surface area contributed by atoms with E-state index in [0.717, 1.165) is 72.3 Å². The second-order valence-corrected chi connectivity index (χ2v) is 10.3. The molecule has 0 N–H and O–H groups in total. The minimum atomic E-state index is -4.21. The number of hydrogen-bond acceptors (Lipinski definition) is 7. The number of aryl methyl sites for hydroxylation is 1. The van der Waals surface area contributed by atoms with Gasteiger partial charge in [0.15, 0.2) is 0 Å². The van der Waals surface area contributed by atoms with E-state index in [2.05, 4.69) is 30.1 Å². The number of aromatic nitrogens is 3. The van der Waals surface area contributed by atoms with Gasteiger partial charge in [0.2, 0.25) is 0 Å². The van der Waals surface area contributed by atoms with Crippen LogP contribution in [0.5, 0.6) is 0 Å². The topological polar surface area (TPSA) is 45.2 Å². The lowest BCUT2D eigenvalue weighted by Crippen LogP contribution is -2.46. The molecule has 0 radical (unpaired) electrons. The minimum Gasteiger partial charge on any atom is -0.356 e. The maximum atomic E-state index is 12.8. The summed E-state index contributed by atoms with van der Waals surface area (Å²) in [4.78, 5) is 19.0. The van der Waals surface area contributed by atoms with Crippen LogP contribution in [0.3, 0.4) is 0 Å². The Hall–Kier alpha value is -1.78. The Kier molecular flexibility index (Phi) is 7.46. The second kappa shape index (κ2) is 9.61. The van der Waals surface area contributed by atoms with Crippen LogP contribution in [0.4, 0.5) is 19.0 Å². The van der Waals surface area contributed by atoms with E-state index >= 15 is 0 Å². The smallest absolute Gasteiger partial charge is 0.356 e. The molecule has 176 valence electrons. The van der Waals surface area contributed by atoms with Gasteiger partial charge in [0.25, 0.3) is 0 Å². The molecule has 0 aliphatic carbocycles. The predicted molar refractivity (Wildman–Crippen MR) is 127 cm³/mol. The number of thiazole rings is 1. The molecule has 2 fully saturated rings. The van der Waals surface area contributed by atoms with Gasteiger partial charge in [-0.3, -0.25) is 4.90 Å². The van der Waals surface area contributed by atoms with E-state index in [1.165, 1.54) is 6.33 Å². The lowest BCUT2D eigenvalue weighted by molar-refractivity contribution is -0.126. The van der Waals surface area contributed by atoms with Gasteiger partial charge in [-0.25, -0.2) is 15.0 Å². The van der Waals surface area contributed by atoms with Crippen LogP contribution in [0, 0.1) is 12.8 Å². The number of anilines is 1. The Morgan fingerprint density at radius 2 is 1.97 bits per heavy atom. The van der Waals surface area contributed by atoms with Crippen molar-refractivity contribution in [1.29, 1.82) is 0 Å². The highest BCUT2D eigenvalue weighted by Gasteiger charge is 2.39. The van der Waals surface area contributed by atoms with Gasteiger partial charge < -0.3 is 4.90 Å². The van der Waals surface area contributed by atoms with Crippen LogP contribution < -0.4 is 4.90 Å². The average molecular weight is 486 g/mol. The fourth-order valence-electron chi connectivity index (χ4n) is 4.79. The van der Waals surface area contributed by atoms with Crippen LogP contribution in [0.25, 0.3) is 10.2 Å². The normalized spacial score (nSPS) is 21.3. The van der Waals surface area contributed by atoms with Crippen molar-refractivity contribution in [3.63, 3.8) is 0 Å². The van der Waals surface area contributed by atoms with Crippen molar-refractivity contribution in [3.8, 4) is 0 Å². The molecular formula is C22H30F3N5S2. The van der Waals surface area contributed by atoms with E-state index < -0.39 is 12.6 Å². The van der Waals surface area contributed by atoms with Crippen LogP contribution in [0.2, 0.25) is 0 Å². The lowest BCUT2D eigenvalue weighted by Gasteiger charge is -2.38. The molecule has 5 heterocycles. The van der Waals surface area contributed by atoms with Crippen molar-refractivity contribution < 1.29 is 13.2 Å². The number of hydrogen-bond donors (Lipinski definition) is 0. The largest absolute Gasteiger partial charge is 0.393 e. The van der Waals surface area contributed by atoms with E-state index in [-0.39, 0.29) is 14.9 Å². The summed E-state index contributed by atoms with van der Waals surface area (Å²) in [6, 6.07) is 2.16. The predicted octanol–water partition coefficient (Wildman–Crippen LogP) is 5.93. The fourth-order valence-corrected chi connectivity index (χ4v) is 6.41. The Morgan fingerprint density at radius 3 is 2.69 bits per heavy atom. The number of fused-ring (bicyclic) bond motifs is 2. The van der Waals surface area contributed by atoms with Gasteiger partial charge in [0, 0.05) is 35.9 Å². The maximum absolute atomic E-state index is 12.8. The van der Waals surface area contributed by atoms with Crippen molar-refractivity contribution in [1.82, 2.24) is 19.9 Å². The summed E-state index contributed by atoms with van der Waals surface area (Å²) in [5.74, 6) is 1.31. The van der Waals surface area contributed by atoms with E-state index in [0.29, 0.717) is 21.7 Å². The quantitative estimate of drug-likeness (QED) is 0.458. The zero-order chi connectivity index (χ0) is 20.9. The Bertz CT molecular complexity index is 1050. The standard InChI is InChI=1S/C20H22F3N5S2.2CH4/c1-12-26-14(10-29-12)9-27-4-2-13-8-28(5-3-17(13)27)18-16-6-15(7-20(21,22)23)30-19(16)25-11-24-18;;/h6,10-11,13,17H,2-5,7-9H2,1H3;2*1H4/t13-,17+;;/m0../s1. The molecule has 5 rings (SSSR count). The van der Waals surface area contributed by atoms with Gasteiger partial charge in [0.05, 0.1) is 22.5 Å². The summed E-state index contributed by atoms with van der Waals surface area (Å²) < 4.78 is 38.5. The van der Waals surface area contributed by atoms with Gasteiger partial charge in [-0.05, 0) is 38.3 Å². The van der Waals surface area contributed by atoms with Crippen LogP contribution in [-0.4, -0.2) is 51.7 Å². The number of piperidine rings is 1. The molecule has 0 spiro atoms. The molecule has 0 bridgehead atoms. The Balaban J connectivity index is 0.00000144. The molecule has 2 saturated heterocycles. The van der Waals surface area contributed by atoms with Crippen molar-refractivity contribution in [2.45, 2.75) is 59.8 Å². The molecule has 3 aromatic heterocycles. The highest BCUT2D eigenvalue weighted by molar-refractivity contribution is 7.18. The van der Waals surface area contributed by atoms with E-state index in [1.807, 2.05) is 6.92 Å². The lowest BCUT2D eigenvalue weighted by atomic mass is 9.92. The van der Waals surface area contributed by atoms with Gasteiger partial charge in [-0.1, -0.05) is 14.9 Å². The first-order valence-corrected chi connectivity index (χ1v) is 11.8. The third-order valence-electron chi connectivity index (χ3n) is 6.02. The number of nitrogens with zero attached hydrogens (tertiary/aromatic N) is 5. The van der Waals surface area contributed by atoms with Crippen LogP contribution in [0.1, 0.15) is 43.3 Å². The molecule has 5 nitrogen and oxygen atoms in total. The molecule has 10 heteroatoms. The third kappa shape index (κ3) is 5.07. The molecule has 2 aliphatic rings. The van der Waals surface area contributed by atoms with Gasteiger partial charge >= 0.3 is 6.18 Å². The molecule has 0 saturated carbocycles. The third-order valence-corrected chi connectivity index (χ3v) is 7.88. The number of halogens is 3. The Morgan fingerprint density at radius 1 is 1.16 bits per heavy atom. The summed E-state index contributed by atoms with van der Waals surface area (Å²) in [7, 11) is 0. The minimum absolute atomic E-state index is 0. The molecule has 3 aromatic rings. The Labute approximate surface area is 195 Å². The van der Waals surface area contributed by atoms with Crippen molar-refractivity contribution in [3.05, 3.63) is 33.4 Å². The first-order valence-electron chi connectivity index (χ1n) is 10.1. The molecule has 32 heavy (non-hydrogen) atoms. The summed E-state index contributed by atoms with van der Waals surface area (Å²) in [6.07, 6.45) is -1.50. The summed E-state index contributed by atoms with van der Waals surface area (Å²) in [6.45, 7) is 5.73. The number of rotatable bonds is 4. The van der Waals surface area contributed by atoms with Crippen LogP contribution >= 0.6 is 22.7 Å². The maximum Gasteiger partial charge on any atom is 0.393 e. The monoisotopic (exact) mass is 485 g/mol. The number of thiophene rings is 1. The molecule has 0 unspecified atom stereocenters. The SMILES string of the molecule is C.C.Cc1nc(CN2CC[C@H]3CN(c4ncnc5sc(CC(F)(F)F)cc45)CC[C@H]32)cs1. The van der Waals surface area contributed by atoms with Crippen molar-refractivity contribution >= 4 is 38.7 Å². The summed E-state index contributed by atoms with van der Waals surface area (Å²) >= 11 is 2.80. The number of likely N-dealkylation sites (tertiary alicyclic amines) is 1. The average Bonchev–Trinajstić information content (AvgIpc) is 3.38. The second-order valence-electron chi connectivity index (χ2n) is 8.10. The van der Waals surface area contributed by atoms with Crippen molar-refractivity contribution in [2.24, 2.45) is 5.92 Å². The van der Waals surface area contributed by atoms with Gasteiger partial charge in [-0.2, -0.15) is 13.2 Å². The first kappa shape index (κ1) is 24.9.